The molecule has 0 amide bonds. The van der Waals surface area contributed by atoms with Crippen LogP contribution in [-0.2, 0) is 0 Å². The average molecular weight is 231 g/mol. The maximum atomic E-state index is 9.16. The van der Waals surface area contributed by atoms with Crippen LogP contribution in [0, 0.1) is 39.9 Å². The van der Waals surface area contributed by atoms with E-state index in [1.54, 1.807) is 0 Å². The standard InChI is InChI=1S/C16H25N/c1-15(2,11-17)3-4-16-8-12-5-13(9-16)7-14(6-12)10-16/h12-14H,3-10H2,1-2H3. The van der Waals surface area contributed by atoms with Crippen LogP contribution in [0.3, 0.4) is 0 Å². The second kappa shape index (κ2) is 3.74. The van der Waals surface area contributed by atoms with Crippen LogP contribution >= 0.6 is 0 Å². The predicted octanol–water partition coefficient (Wildman–Crippen LogP) is 4.53. The molecule has 0 spiro atoms. The maximum absolute atomic E-state index is 9.16. The highest BCUT2D eigenvalue weighted by molar-refractivity contribution is 5.03. The van der Waals surface area contributed by atoms with Gasteiger partial charge in [-0.05, 0) is 88.4 Å². The summed E-state index contributed by atoms with van der Waals surface area (Å²) in [4.78, 5) is 0. The van der Waals surface area contributed by atoms with E-state index in [9.17, 15) is 0 Å². The molecule has 0 aliphatic heterocycles. The van der Waals surface area contributed by atoms with Crippen molar-refractivity contribution in [1.29, 1.82) is 5.26 Å². The highest BCUT2D eigenvalue weighted by Gasteiger charge is 2.50. The molecule has 17 heavy (non-hydrogen) atoms. The fourth-order valence-electron chi connectivity index (χ4n) is 5.23. The van der Waals surface area contributed by atoms with E-state index in [0.717, 1.165) is 24.2 Å². The summed E-state index contributed by atoms with van der Waals surface area (Å²) in [5, 5.41) is 9.16. The van der Waals surface area contributed by atoms with E-state index in [1.165, 1.54) is 44.9 Å². The molecule has 4 saturated carbocycles. The first-order valence-corrected chi connectivity index (χ1v) is 7.42. The zero-order chi connectivity index (χ0) is 12.1. The summed E-state index contributed by atoms with van der Waals surface area (Å²) in [6, 6.07) is 2.47. The van der Waals surface area contributed by atoms with E-state index in [4.69, 9.17) is 5.26 Å². The Labute approximate surface area is 106 Å². The molecule has 4 fully saturated rings. The van der Waals surface area contributed by atoms with Crippen LogP contribution < -0.4 is 0 Å². The fraction of sp³-hybridized carbons (Fsp3) is 0.938. The summed E-state index contributed by atoms with van der Waals surface area (Å²) in [5.41, 5.74) is 0.548. The van der Waals surface area contributed by atoms with Gasteiger partial charge in [0.15, 0.2) is 0 Å². The Balaban J connectivity index is 1.69. The summed E-state index contributed by atoms with van der Waals surface area (Å²) in [7, 11) is 0. The predicted molar refractivity (Wildman–Crippen MR) is 69.2 cm³/mol. The first-order chi connectivity index (χ1) is 8.00. The molecule has 0 N–H and O–H groups in total. The molecule has 4 rings (SSSR count). The van der Waals surface area contributed by atoms with Gasteiger partial charge in [0.25, 0.3) is 0 Å². The van der Waals surface area contributed by atoms with E-state index in [-0.39, 0.29) is 5.41 Å². The zero-order valence-corrected chi connectivity index (χ0v) is 11.3. The Morgan fingerprint density at radius 1 is 1.06 bits per heavy atom. The van der Waals surface area contributed by atoms with E-state index in [1.807, 2.05) is 0 Å². The second-order valence-corrected chi connectivity index (χ2v) is 7.91. The van der Waals surface area contributed by atoms with Gasteiger partial charge in [-0.25, -0.2) is 0 Å². The molecule has 0 unspecified atom stereocenters. The van der Waals surface area contributed by atoms with Gasteiger partial charge < -0.3 is 0 Å². The van der Waals surface area contributed by atoms with Crippen molar-refractivity contribution < 1.29 is 0 Å². The van der Waals surface area contributed by atoms with Crippen molar-refractivity contribution in [3.63, 3.8) is 0 Å². The highest BCUT2D eigenvalue weighted by atomic mass is 14.6. The monoisotopic (exact) mass is 231 g/mol. The van der Waals surface area contributed by atoms with Crippen molar-refractivity contribution in [3.05, 3.63) is 0 Å². The minimum atomic E-state index is -0.108. The van der Waals surface area contributed by atoms with Gasteiger partial charge in [0.05, 0.1) is 11.5 Å². The van der Waals surface area contributed by atoms with E-state index in [2.05, 4.69) is 19.9 Å². The van der Waals surface area contributed by atoms with Crippen molar-refractivity contribution in [2.45, 2.75) is 65.2 Å². The third-order valence-corrected chi connectivity index (χ3v) is 5.75. The lowest BCUT2D eigenvalue weighted by atomic mass is 9.48. The number of nitrogens with zero attached hydrogens (tertiary/aromatic N) is 1. The number of hydrogen-bond donors (Lipinski definition) is 0. The van der Waals surface area contributed by atoms with Gasteiger partial charge in [-0.1, -0.05) is 0 Å². The Hall–Kier alpha value is -0.510. The van der Waals surface area contributed by atoms with Crippen molar-refractivity contribution in [1.82, 2.24) is 0 Å². The first-order valence-electron chi connectivity index (χ1n) is 7.42. The fourth-order valence-corrected chi connectivity index (χ4v) is 5.23. The SMILES string of the molecule is CC(C)(C#N)CCC12CC3CC(CC(C3)C1)C2. The minimum Gasteiger partial charge on any atom is -0.198 e. The Kier molecular flexibility index (Phi) is 2.55. The molecule has 0 aromatic carbocycles. The Morgan fingerprint density at radius 2 is 1.53 bits per heavy atom. The van der Waals surface area contributed by atoms with Crippen LogP contribution in [0.1, 0.15) is 65.2 Å². The van der Waals surface area contributed by atoms with Gasteiger partial charge in [0, 0.05) is 0 Å². The molecule has 1 heteroatoms. The number of rotatable bonds is 3. The van der Waals surface area contributed by atoms with Crippen LogP contribution in [0.4, 0.5) is 0 Å². The van der Waals surface area contributed by atoms with Crippen molar-refractivity contribution >= 4 is 0 Å². The van der Waals surface area contributed by atoms with Crippen LogP contribution in [0.15, 0.2) is 0 Å². The third-order valence-electron chi connectivity index (χ3n) is 5.75. The summed E-state index contributed by atoms with van der Waals surface area (Å²) in [5.74, 6) is 3.14. The molecule has 94 valence electrons. The van der Waals surface area contributed by atoms with E-state index >= 15 is 0 Å². The zero-order valence-electron chi connectivity index (χ0n) is 11.3. The lowest BCUT2D eigenvalue weighted by Gasteiger charge is -2.57. The normalized spacial score (nSPS) is 43.7. The molecular weight excluding hydrogens is 206 g/mol. The molecular formula is C16H25N. The van der Waals surface area contributed by atoms with Gasteiger partial charge in [0.2, 0.25) is 0 Å². The van der Waals surface area contributed by atoms with Crippen LogP contribution in [0.2, 0.25) is 0 Å². The maximum Gasteiger partial charge on any atom is 0.0683 e. The molecule has 0 atom stereocenters. The average Bonchev–Trinajstić information content (AvgIpc) is 2.25. The molecule has 4 bridgehead atoms. The summed E-state index contributed by atoms with van der Waals surface area (Å²) in [6.45, 7) is 4.21. The van der Waals surface area contributed by atoms with Gasteiger partial charge in [-0.3, -0.25) is 0 Å². The lowest BCUT2D eigenvalue weighted by Crippen LogP contribution is -2.46. The molecule has 0 heterocycles. The topological polar surface area (TPSA) is 23.8 Å². The summed E-state index contributed by atoms with van der Waals surface area (Å²) in [6.07, 6.45) is 11.5. The molecule has 4 aliphatic carbocycles. The summed E-state index contributed by atoms with van der Waals surface area (Å²) < 4.78 is 0. The molecule has 4 aliphatic rings. The molecule has 1 nitrogen and oxygen atoms in total. The Morgan fingerprint density at radius 3 is 1.94 bits per heavy atom. The van der Waals surface area contributed by atoms with E-state index in [0.29, 0.717) is 5.41 Å². The quantitative estimate of drug-likeness (QED) is 0.700. The molecule has 0 radical (unpaired) electrons. The first kappa shape index (κ1) is 11.6. The van der Waals surface area contributed by atoms with Gasteiger partial charge in [-0.2, -0.15) is 5.26 Å². The van der Waals surface area contributed by atoms with Crippen LogP contribution in [-0.4, -0.2) is 0 Å². The highest BCUT2D eigenvalue weighted by Crippen LogP contribution is 2.62. The Bertz CT molecular complexity index is 312. The second-order valence-electron chi connectivity index (χ2n) is 7.91. The largest absolute Gasteiger partial charge is 0.198 e. The van der Waals surface area contributed by atoms with Crippen LogP contribution in [0.25, 0.3) is 0 Å². The summed E-state index contributed by atoms with van der Waals surface area (Å²) >= 11 is 0. The van der Waals surface area contributed by atoms with Crippen molar-refractivity contribution in [3.8, 4) is 6.07 Å². The minimum absolute atomic E-state index is 0.108. The van der Waals surface area contributed by atoms with Crippen molar-refractivity contribution in [2.75, 3.05) is 0 Å². The molecule has 0 aromatic rings. The van der Waals surface area contributed by atoms with Crippen molar-refractivity contribution in [2.24, 2.45) is 28.6 Å². The van der Waals surface area contributed by atoms with Gasteiger partial charge in [0.1, 0.15) is 0 Å². The molecule has 0 saturated heterocycles. The lowest BCUT2D eigenvalue weighted by molar-refractivity contribution is -0.0608. The van der Waals surface area contributed by atoms with Crippen LogP contribution in [0.5, 0.6) is 0 Å². The van der Waals surface area contributed by atoms with Gasteiger partial charge >= 0.3 is 0 Å². The smallest absolute Gasteiger partial charge is 0.0683 e. The third kappa shape index (κ3) is 2.12. The number of nitriles is 1. The number of hydrogen-bond acceptors (Lipinski definition) is 1. The van der Waals surface area contributed by atoms with E-state index < -0.39 is 0 Å². The van der Waals surface area contributed by atoms with Gasteiger partial charge in [-0.15, -0.1) is 0 Å². The molecule has 0 aromatic heterocycles.